The van der Waals surface area contributed by atoms with Crippen molar-refractivity contribution in [3.05, 3.63) is 13.8 Å². The third kappa shape index (κ3) is 10.7. The molecule has 1 heteroatoms. The Balaban J connectivity index is -0.000000196. The number of hydrogen-bond acceptors (Lipinski definition) is 0. The normalized spacial score (nSPS) is 8.73. The summed E-state index contributed by atoms with van der Waals surface area (Å²) in [4.78, 5) is 0. The van der Waals surface area contributed by atoms with Gasteiger partial charge in [-0.3, -0.25) is 0 Å². The molecule has 0 N–H and O–H groups in total. The Labute approximate surface area is 87.4 Å². The maximum atomic E-state index is 3.84. The first kappa shape index (κ1) is 17.7. The molecule has 0 bridgehead atoms. The van der Waals surface area contributed by atoms with Crippen molar-refractivity contribution in [1.82, 2.24) is 0 Å². The molecule has 0 amide bonds. The van der Waals surface area contributed by atoms with Crippen LogP contribution in [0.2, 0.25) is 0 Å². The van der Waals surface area contributed by atoms with Crippen LogP contribution in [0.25, 0.3) is 0 Å². The average molecular weight is 326 g/mol. The molecular weight excluding hydrogens is 304 g/mol. The molecule has 0 aliphatic carbocycles. The van der Waals surface area contributed by atoms with E-state index >= 15 is 0 Å². The van der Waals surface area contributed by atoms with Gasteiger partial charge in [-0.1, -0.05) is 33.6 Å². The standard InChI is InChI=1S/C8H16.C2H6.W/c1-5-8(6-2)7(3)4;1-2;/h7-8H,1-2,5-6H2,3-4H3;1-2H3;/q-2;;+2. The molecule has 0 aromatic carbocycles. The molecule has 0 radical (unpaired) electrons. The average Bonchev–Trinajstić information content (AvgIpc) is 1.94. The van der Waals surface area contributed by atoms with Crippen molar-refractivity contribution in [2.45, 2.75) is 40.5 Å². The summed E-state index contributed by atoms with van der Waals surface area (Å²) in [6.07, 6.45) is 2.06. The van der Waals surface area contributed by atoms with Crippen LogP contribution in [0.1, 0.15) is 40.5 Å². The van der Waals surface area contributed by atoms with Crippen LogP contribution in [0.4, 0.5) is 0 Å². The topological polar surface area (TPSA) is 0 Å². The van der Waals surface area contributed by atoms with Gasteiger partial charge in [-0.25, -0.2) is 0 Å². The molecule has 0 rings (SSSR count). The molecule has 0 aliphatic heterocycles. The van der Waals surface area contributed by atoms with Crippen LogP contribution in [0.15, 0.2) is 0 Å². The summed E-state index contributed by atoms with van der Waals surface area (Å²) in [5, 5.41) is 0. The van der Waals surface area contributed by atoms with Crippen LogP contribution in [-0.4, -0.2) is 0 Å². The fourth-order valence-electron chi connectivity index (χ4n) is 0.811. The van der Waals surface area contributed by atoms with Gasteiger partial charge in [0.1, 0.15) is 0 Å². The van der Waals surface area contributed by atoms with Gasteiger partial charge in [0.05, 0.1) is 0 Å². The minimum Gasteiger partial charge on any atom is -0.343 e. The fourth-order valence-corrected chi connectivity index (χ4v) is 0.811. The smallest absolute Gasteiger partial charge is 0.343 e. The van der Waals surface area contributed by atoms with Gasteiger partial charge in [0.25, 0.3) is 0 Å². The monoisotopic (exact) mass is 326 g/mol. The summed E-state index contributed by atoms with van der Waals surface area (Å²) in [5.41, 5.74) is 0. The summed E-state index contributed by atoms with van der Waals surface area (Å²) < 4.78 is 0. The van der Waals surface area contributed by atoms with Gasteiger partial charge in [0, 0.05) is 0 Å². The fraction of sp³-hybridized carbons (Fsp3) is 0.800. The summed E-state index contributed by atoms with van der Waals surface area (Å²) in [6.45, 7) is 16.1. The van der Waals surface area contributed by atoms with Crippen molar-refractivity contribution in [2.24, 2.45) is 11.8 Å². The van der Waals surface area contributed by atoms with Crippen molar-refractivity contribution < 1.29 is 21.1 Å². The number of rotatable bonds is 3. The Morgan fingerprint density at radius 3 is 1.27 bits per heavy atom. The third-order valence-corrected chi connectivity index (χ3v) is 1.68. The summed E-state index contributed by atoms with van der Waals surface area (Å²) in [6, 6.07) is 0. The van der Waals surface area contributed by atoms with Crippen LogP contribution < -0.4 is 0 Å². The zero-order valence-corrected chi connectivity index (χ0v) is 11.3. The van der Waals surface area contributed by atoms with Crippen LogP contribution in [-0.2, 0) is 21.1 Å². The molecule has 68 valence electrons. The molecule has 0 saturated carbocycles. The molecule has 0 aromatic rings. The molecule has 0 spiro atoms. The summed E-state index contributed by atoms with van der Waals surface area (Å²) >= 11 is 0. The molecule has 0 atom stereocenters. The molecule has 0 aromatic heterocycles. The Hall–Kier alpha value is 0.688. The third-order valence-electron chi connectivity index (χ3n) is 1.68. The van der Waals surface area contributed by atoms with Gasteiger partial charge in [0.15, 0.2) is 0 Å². The predicted molar refractivity (Wildman–Crippen MR) is 49.6 cm³/mol. The van der Waals surface area contributed by atoms with Gasteiger partial charge in [0.2, 0.25) is 0 Å². The van der Waals surface area contributed by atoms with Crippen molar-refractivity contribution in [3.63, 3.8) is 0 Å². The second-order valence-electron chi connectivity index (χ2n) is 2.58. The Bertz CT molecular complexity index is 46.8. The van der Waals surface area contributed by atoms with E-state index < -0.39 is 0 Å². The molecule has 0 saturated heterocycles. The summed E-state index contributed by atoms with van der Waals surface area (Å²) in [5.74, 6) is 1.49. The van der Waals surface area contributed by atoms with E-state index in [1.807, 2.05) is 13.8 Å². The maximum Gasteiger partial charge on any atom is 2.00 e. The van der Waals surface area contributed by atoms with Crippen molar-refractivity contribution in [3.8, 4) is 0 Å². The zero-order valence-electron chi connectivity index (χ0n) is 8.39. The van der Waals surface area contributed by atoms with Gasteiger partial charge in [-0.05, 0) is 5.92 Å². The van der Waals surface area contributed by atoms with Gasteiger partial charge < -0.3 is 13.8 Å². The van der Waals surface area contributed by atoms with Crippen molar-refractivity contribution in [1.29, 1.82) is 0 Å². The minimum atomic E-state index is 0. The Kier molecular flexibility index (Phi) is 21.4. The van der Waals surface area contributed by atoms with E-state index in [1.165, 1.54) is 0 Å². The first-order valence-electron chi connectivity index (χ1n) is 4.30. The molecule has 0 aliphatic rings. The first-order valence-corrected chi connectivity index (χ1v) is 4.30. The van der Waals surface area contributed by atoms with Crippen LogP contribution in [0.5, 0.6) is 0 Å². The van der Waals surface area contributed by atoms with E-state index in [4.69, 9.17) is 0 Å². The molecule has 0 heterocycles. The quantitative estimate of drug-likeness (QED) is 0.693. The van der Waals surface area contributed by atoms with Crippen LogP contribution in [0.3, 0.4) is 0 Å². The Morgan fingerprint density at radius 1 is 1.00 bits per heavy atom. The van der Waals surface area contributed by atoms with Crippen LogP contribution in [0, 0.1) is 25.7 Å². The minimum absolute atomic E-state index is 0. The molecule has 0 nitrogen and oxygen atoms in total. The molecule has 11 heavy (non-hydrogen) atoms. The second-order valence-corrected chi connectivity index (χ2v) is 2.58. The molecule has 0 unspecified atom stereocenters. The van der Waals surface area contributed by atoms with Gasteiger partial charge in [-0.15, -0.1) is 0 Å². The van der Waals surface area contributed by atoms with E-state index in [0.717, 1.165) is 24.7 Å². The number of hydrogen-bond donors (Lipinski definition) is 0. The predicted octanol–water partition coefficient (Wildman–Crippen LogP) is 3.73. The van der Waals surface area contributed by atoms with Gasteiger partial charge >= 0.3 is 21.1 Å². The van der Waals surface area contributed by atoms with Crippen molar-refractivity contribution in [2.75, 3.05) is 0 Å². The Morgan fingerprint density at radius 2 is 1.27 bits per heavy atom. The SMILES string of the molecule is CC.[CH2-]CC(C[CH2-])C(C)C.[W+2]. The van der Waals surface area contributed by atoms with E-state index in [9.17, 15) is 0 Å². The zero-order chi connectivity index (χ0) is 8.57. The van der Waals surface area contributed by atoms with E-state index in [1.54, 1.807) is 0 Å². The van der Waals surface area contributed by atoms with Crippen molar-refractivity contribution >= 4 is 0 Å². The largest absolute Gasteiger partial charge is 2.00 e. The first-order chi connectivity index (χ1) is 4.72. The molecule has 0 fully saturated rings. The summed E-state index contributed by atoms with van der Waals surface area (Å²) in [7, 11) is 0. The van der Waals surface area contributed by atoms with E-state index in [-0.39, 0.29) is 21.1 Å². The van der Waals surface area contributed by atoms with Gasteiger partial charge in [-0.2, -0.15) is 12.8 Å². The second kappa shape index (κ2) is 13.3. The van der Waals surface area contributed by atoms with Crippen LogP contribution >= 0.6 is 0 Å². The van der Waals surface area contributed by atoms with E-state index in [0.29, 0.717) is 0 Å². The van der Waals surface area contributed by atoms with E-state index in [2.05, 4.69) is 27.7 Å². The maximum absolute atomic E-state index is 3.84. The molecular formula is C10H22W.